The Hall–Kier alpha value is -1.22. The zero-order valence-corrected chi connectivity index (χ0v) is 13.1. The van der Waals surface area contributed by atoms with Crippen LogP contribution in [-0.2, 0) is 0 Å². The van der Waals surface area contributed by atoms with E-state index in [9.17, 15) is 0 Å². The summed E-state index contributed by atoms with van der Waals surface area (Å²) in [5, 5.41) is 3.39. The third-order valence-electron chi connectivity index (χ3n) is 4.89. The fourth-order valence-electron chi connectivity index (χ4n) is 3.78. The van der Waals surface area contributed by atoms with Crippen molar-refractivity contribution in [2.45, 2.75) is 44.4 Å². The van der Waals surface area contributed by atoms with Crippen molar-refractivity contribution in [3.63, 3.8) is 0 Å². The highest BCUT2D eigenvalue weighted by Gasteiger charge is 2.25. The molecule has 1 unspecified atom stereocenters. The molecule has 3 rings (SSSR count). The van der Waals surface area contributed by atoms with Gasteiger partial charge in [-0.1, -0.05) is 31.7 Å². The molecule has 1 saturated carbocycles. The number of likely N-dealkylation sites (N-methyl/N-ethyl adjacent to an activating group) is 1. The molecule has 1 fully saturated rings. The summed E-state index contributed by atoms with van der Waals surface area (Å²) in [5.74, 6) is 3.20. The van der Waals surface area contributed by atoms with Crippen LogP contribution in [0.3, 0.4) is 0 Å². The van der Waals surface area contributed by atoms with Gasteiger partial charge in [0.05, 0.1) is 0 Å². The quantitative estimate of drug-likeness (QED) is 0.857. The maximum Gasteiger partial charge on any atom is 0.161 e. The van der Waals surface area contributed by atoms with E-state index >= 15 is 0 Å². The van der Waals surface area contributed by atoms with Gasteiger partial charge in [0.1, 0.15) is 13.2 Å². The standard InChI is InChI=1S/C18H27NO2/c1-19-13-16(14-6-4-2-3-5-7-14)15-8-9-17-18(12-15)21-11-10-20-17/h8-9,12,14,16,19H,2-7,10-11,13H2,1H3. The maximum atomic E-state index is 5.76. The Morgan fingerprint density at radius 2 is 1.76 bits per heavy atom. The van der Waals surface area contributed by atoms with Gasteiger partial charge in [0.15, 0.2) is 11.5 Å². The molecule has 1 N–H and O–H groups in total. The number of ether oxygens (including phenoxy) is 2. The van der Waals surface area contributed by atoms with E-state index < -0.39 is 0 Å². The van der Waals surface area contributed by atoms with Crippen LogP contribution in [0.4, 0.5) is 0 Å². The molecule has 0 saturated heterocycles. The first kappa shape index (κ1) is 14.7. The highest BCUT2D eigenvalue weighted by atomic mass is 16.6. The van der Waals surface area contributed by atoms with E-state index in [4.69, 9.17) is 9.47 Å². The first-order chi connectivity index (χ1) is 10.4. The molecule has 0 bridgehead atoms. The first-order valence-corrected chi connectivity index (χ1v) is 8.42. The van der Waals surface area contributed by atoms with Crippen LogP contribution in [0.25, 0.3) is 0 Å². The van der Waals surface area contributed by atoms with Gasteiger partial charge in [-0.2, -0.15) is 0 Å². The Kier molecular flexibility index (Phi) is 5.02. The number of hydrogen-bond acceptors (Lipinski definition) is 3. The van der Waals surface area contributed by atoms with Crippen LogP contribution in [0.2, 0.25) is 0 Å². The number of hydrogen-bond donors (Lipinski definition) is 1. The normalized spacial score (nSPS) is 20.8. The Morgan fingerprint density at radius 1 is 1.05 bits per heavy atom. The zero-order chi connectivity index (χ0) is 14.5. The fourth-order valence-corrected chi connectivity index (χ4v) is 3.78. The Bertz CT molecular complexity index is 453. The van der Waals surface area contributed by atoms with Crippen molar-refractivity contribution < 1.29 is 9.47 Å². The lowest BCUT2D eigenvalue weighted by atomic mass is 9.81. The van der Waals surface area contributed by atoms with Crippen LogP contribution in [-0.4, -0.2) is 26.8 Å². The molecular weight excluding hydrogens is 262 g/mol. The van der Waals surface area contributed by atoms with E-state index in [2.05, 4.69) is 30.6 Å². The molecule has 1 aromatic rings. The number of fused-ring (bicyclic) bond motifs is 1. The van der Waals surface area contributed by atoms with E-state index in [1.165, 1.54) is 44.1 Å². The fraction of sp³-hybridized carbons (Fsp3) is 0.667. The van der Waals surface area contributed by atoms with Crippen molar-refractivity contribution in [2.24, 2.45) is 5.92 Å². The second-order valence-corrected chi connectivity index (χ2v) is 6.32. The summed E-state index contributed by atoms with van der Waals surface area (Å²) in [6, 6.07) is 6.53. The van der Waals surface area contributed by atoms with Gasteiger partial charge in [0, 0.05) is 6.54 Å². The monoisotopic (exact) mass is 289 g/mol. The van der Waals surface area contributed by atoms with Crippen molar-refractivity contribution >= 4 is 0 Å². The second kappa shape index (κ2) is 7.17. The van der Waals surface area contributed by atoms with Crippen molar-refractivity contribution in [3.8, 4) is 11.5 Å². The summed E-state index contributed by atoms with van der Waals surface area (Å²) in [7, 11) is 2.06. The molecule has 1 heterocycles. The predicted octanol–water partition coefficient (Wildman–Crippen LogP) is 3.73. The highest BCUT2D eigenvalue weighted by Crippen LogP contribution is 2.39. The Balaban J connectivity index is 1.82. The minimum atomic E-state index is 0.587. The minimum Gasteiger partial charge on any atom is -0.486 e. The average molecular weight is 289 g/mol. The van der Waals surface area contributed by atoms with Crippen LogP contribution in [0.1, 0.15) is 50.0 Å². The SMILES string of the molecule is CNCC(c1ccc2c(c1)OCCO2)C1CCCCCC1. The van der Waals surface area contributed by atoms with Crippen molar-refractivity contribution in [2.75, 3.05) is 26.8 Å². The van der Waals surface area contributed by atoms with E-state index in [1.54, 1.807) is 0 Å². The molecule has 3 heteroatoms. The second-order valence-electron chi connectivity index (χ2n) is 6.32. The lowest BCUT2D eigenvalue weighted by Crippen LogP contribution is -2.24. The van der Waals surface area contributed by atoms with Gasteiger partial charge >= 0.3 is 0 Å². The van der Waals surface area contributed by atoms with Crippen LogP contribution >= 0.6 is 0 Å². The molecule has 21 heavy (non-hydrogen) atoms. The third kappa shape index (κ3) is 3.52. The Labute approximate surface area is 128 Å². The van der Waals surface area contributed by atoms with E-state index in [1.807, 2.05) is 0 Å². The average Bonchev–Trinajstić information content (AvgIpc) is 2.81. The molecule has 0 aromatic heterocycles. The van der Waals surface area contributed by atoms with E-state index in [0.717, 1.165) is 24.0 Å². The van der Waals surface area contributed by atoms with Gasteiger partial charge in [-0.15, -0.1) is 0 Å². The molecular formula is C18H27NO2. The molecule has 0 spiro atoms. The smallest absolute Gasteiger partial charge is 0.161 e. The van der Waals surface area contributed by atoms with Crippen molar-refractivity contribution in [3.05, 3.63) is 23.8 Å². The topological polar surface area (TPSA) is 30.5 Å². The summed E-state index contributed by atoms with van der Waals surface area (Å²) in [6.45, 7) is 2.37. The molecule has 3 nitrogen and oxygen atoms in total. The molecule has 0 amide bonds. The predicted molar refractivity (Wildman–Crippen MR) is 85.3 cm³/mol. The van der Waals surface area contributed by atoms with Crippen LogP contribution < -0.4 is 14.8 Å². The summed E-state index contributed by atoms with van der Waals surface area (Å²) < 4.78 is 11.4. The van der Waals surface area contributed by atoms with Crippen molar-refractivity contribution in [1.82, 2.24) is 5.32 Å². The third-order valence-corrected chi connectivity index (χ3v) is 4.89. The highest BCUT2D eigenvalue weighted by molar-refractivity contribution is 5.45. The zero-order valence-electron chi connectivity index (χ0n) is 13.1. The molecule has 0 radical (unpaired) electrons. The molecule has 1 aromatic carbocycles. The van der Waals surface area contributed by atoms with Gasteiger partial charge < -0.3 is 14.8 Å². The Morgan fingerprint density at radius 3 is 2.48 bits per heavy atom. The lowest BCUT2D eigenvalue weighted by molar-refractivity contribution is 0.171. The van der Waals surface area contributed by atoms with Crippen LogP contribution in [0, 0.1) is 5.92 Å². The van der Waals surface area contributed by atoms with Crippen LogP contribution in [0.5, 0.6) is 11.5 Å². The van der Waals surface area contributed by atoms with Gasteiger partial charge in [0.2, 0.25) is 0 Å². The van der Waals surface area contributed by atoms with Gasteiger partial charge in [-0.25, -0.2) is 0 Å². The number of benzene rings is 1. The van der Waals surface area contributed by atoms with Crippen LogP contribution in [0.15, 0.2) is 18.2 Å². The molecule has 1 aliphatic carbocycles. The van der Waals surface area contributed by atoms with Gasteiger partial charge in [-0.05, 0) is 49.4 Å². The summed E-state index contributed by atoms with van der Waals surface area (Å²) in [5.41, 5.74) is 1.40. The maximum absolute atomic E-state index is 5.76. The summed E-state index contributed by atoms with van der Waals surface area (Å²) in [4.78, 5) is 0. The first-order valence-electron chi connectivity index (χ1n) is 8.42. The minimum absolute atomic E-state index is 0.587. The lowest BCUT2D eigenvalue weighted by Gasteiger charge is -2.28. The molecule has 116 valence electrons. The van der Waals surface area contributed by atoms with Gasteiger partial charge in [0.25, 0.3) is 0 Å². The number of nitrogens with one attached hydrogen (secondary N) is 1. The summed E-state index contributed by atoms with van der Waals surface area (Å²) >= 11 is 0. The van der Waals surface area contributed by atoms with E-state index in [0.29, 0.717) is 19.1 Å². The van der Waals surface area contributed by atoms with Crippen molar-refractivity contribution in [1.29, 1.82) is 0 Å². The molecule has 1 atom stereocenters. The summed E-state index contributed by atoms with van der Waals surface area (Å²) in [6.07, 6.45) is 8.31. The largest absolute Gasteiger partial charge is 0.486 e. The molecule has 2 aliphatic rings. The van der Waals surface area contributed by atoms with Gasteiger partial charge in [-0.3, -0.25) is 0 Å². The van der Waals surface area contributed by atoms with E-state index in [-0.39, 0.29) is 0 Å². The molecule has 1 aliphatic heterocycles. The number of rotatable bonds is 4.